The molecule has 1 unspecified atom stereocenters. The van der Waals surface area contributed by atoms with E-state index in [0.717, 1.165) is 16.5 Å². The summed E-state index contributed by atoms with van der Waals surface area (Å²) in [6.07, 6.45) is 4.46. The molecule has 0 amide bonds. The van der Waals surface area contributed by atoms with Gasteiger partial charge in [0, 0.05) is 18.6 Å². The summed E-state index contributed by atoms with van der Waals surface area (Å²) >= 11 is 0. The Labute approximate surface area is 122 Å². The number of hydrazine groups is 1. The Hall–Kier alpha value is -2.24. The maximum atomic E-state index is 13.9. The van der Waals surface area contributed by atoms with Gasteiger partial charge in [-0.3, -0.25) is 16.0 Å². The van der Waals surface area contributed by atoms with Crippen LogP contribution in [0.2, 0.25) is 0 Å². The summed E-state index contributed by atoms with van der Waals surface area (Å²) in [4.78, 5) is 0. The first-order valence-corrected chi connectivity index (χ1v) is 6.80. The fourth-order valence-corrected chi connectivity index (χ4v) is 2.66. The molecule has 0 saturated carbocycles. The van der Waals surface area contributed by atoms with E-state index in [4.69, 9.17) is 5.84 Å². The lowest BCUT2D eigenvalue weighted by Gasteiger charge is -2.18. The first kappa shape index (κ1) is 13.7. The number of hydrogen-bond acceptors (Lipinski definition) is 3. The average molecular weight is 284 g/mol. The molecule has 0 saturated heterocycles. The number of halogens is 1. The predicted molar refractivity (Wildman–Crippen MR) is 80.9 cm³/mol. The van der Waals surface area contributed by atoms with E-state index in [-0.39, 0.29) is 11.9 Å². The number of fused-ring (bicyclic) bond motifs is 1. The molecule has 21 heavy (non-hydrogen) atoms. The van der Waals surface area contributed by atoms with Crippen molar-refractivity contribution in [3.8, 4) is 0 Å². The highest BCUT2D eigenvalue weighted by Crippen LogP contribution is 2.28. The topological polar surface area (TPSA) is 55.9 Å². The van der Waals surface area contributed by atoms with E-state index < -0.39 is 0 Å². The van der Waals surface area contributed by atoms with Crippen LogP contribution >= 0.6 is 0 Å². The Morgan fingerprint density at radius 3 is 2.67 bits per heavy atom. The molecule has 108 valence electrons. The minimum atomic E-state index is -0.216. The zero-order valence-electron chi connectivity index (χ0n) is 11.8. The third-order valence-electron chi connectivity index (χ3n) is 3.68. The van der Waals surface area contributed by atoms with Crippen molar-refractivity contribution in [2.75, 3.05) is 0 Å². The van der Waals surface area contributed by atoms with Gasteiger partial charge in [0.15, 0.2) is 0 Å². The van der Waals surface area contributed by atoms with Crippen molar-refractivity contribution in [3.63, 3.8) is 0 Å². The molecule has 0 spiro atoms. The largest absolute Gasteiger partial charge is 0.276 e. The van der Waals surface area contributed by atoms with E-state index in [1.54, 1.807) is 16.8 Å². The molecule has 1 atom stereocenters. The Kier molecular flexibility index (Phi) is 3.68. The molecule has 0 bridgehead atoms. The minimum absolute atomic E-state index is 0.0975. The summed E-state index contributed by atoms with van der Waals surface area (Å²) in [7, 11) is 1.88. The Balaban J connectivity index is 2.03. The molecule has 0 aliphatic carbocycles. The Morgan fingerprint density at radius 2 is 2.00 bits per heavy atom. The average Bonchev–Trinajstić information content (AvgIpc) is 2.91. The van der Waals surface area contributed by atoms with Crippen LogP contribution in [0, 0.1) is 5.82 Å². The van der Waals surface area contributed by atoms with Gasteiger partial charge in [-0.05, 0) is 29.0 Å². The van der Waals surface area contributed by atoms with E-state index in [0.29, 0.717) is 11.8 Å². The normalized spacial score (nSPS) is 12.7. The van der Waals surface area contributed by atoms with E-state index in [9.17, 15) is 4.39 Å². The van der Waals surface area contributed by atoms with Crippen molar-refractivity contribution in [2.24, 2.45) is 12.9 Å². The summed E-state index contributed by atoms with van der Waals surface area (Å²) in [5.41, 5.74) is 4.89. The van der Waals surface area contributed by atoms with Crippen LogP contribution in [-0.2, 0) is 13.5 Å². The number of aromatic nitrogens is 2. The van der Waals surface area contributed by atoms with Crippen LogP contribution in [-0.4, -0.2) is 9.78 Å². The third kappa shape index (κ3) is 2.66. The molecule has 1 heterocycles. The third-order valence-corrected chi connectivity index (χ3v) is 3.68. The van der Waals surface area contributed by atoms with E-state index >= 15 is 0 Å². The smallest absolute Gasteiger partial charge is 0.131 e. The van der Waals surface area contributed by atoms with Crippen molar-refractivity contribution in [1.82, 2.24) is 15.2 Å². The highest BCUT2D eigenvalue weighted by atomic mass is 19.1. The van der Waals surface area contributed by atoms with Crippen LogP contribution in [0.3, 0.4) is 0 Å². The van der Waals surface area contributed by atoms with Crippen LogP contribution in [0.5, 0.6) is 0 Å². The van der Waals surface area contributed by atoms with Crippen molar-refractivity contribution < 1.29 is 4.39 Å². The van der Waals surface area contributed by atoms with Gasteiger partial charge < -0.3 is 0 Å². The monoisotopic (exact) mass is 284 g/mol. The molecule has 2 aromatic carbocycles. The zero-order valence-corrected chi connectivity index (χ0v) is 11.8. The quantitative estimate of drug-likeness (QED) is 0.571. The van der Waals surface area contributed by atoms with Gasteiger partial charge in [-0.2, -0.15) is 5.10 Å². The number of nitrogens with zero attached hydrogens (tertiary/aromatic N) is 2. The molecular weight excluding hydrogens is 267 g/mol. The lowest BCUT2D eigenvalue weighted by Crippen LogP contribution is -2.29. The fourth-order valence-electron chi connectivity index (χ4n) is 2.66. The van der Waals surface area contributed by atoms with Crippen molar-refractivity contribution >= 4 is 10.8 Å². The van der Waals surface area contributed by atoms with Gasteiger partial charge >= 0.3 is 0 Å². The molecule has 0 fully saturated rings. The van der Waals surface area contributed by atoms with Gasteiger partial charge in [0.2, 0.25) is 0 Å². The zero-order chi connectivity index (χ0) is 14.8. The molecule has 0 radical (unpaired) electrons. The van der Waals surface area contributed by atoms with Crippen molar-refractivity contribution in [3.05, 3.63) is 65.7 Å². The van der Waals surface area contributed by atoms with Gasteiger partial charge in [0.25, 0.3) is 0 Å². The molecule has 0 aliphatic heterocycles. The number of nitrogens with two attached hydrogens (primary N) is 1. The summed E-state index contributed by atoms with van der Waals surface area (Å²) in [5.74, 6) is 5.50. The first-order valence-electron chi connectivity index (χ1n) is 6.80. The van der Waals surface area contributed by atoms with Gasteiger partial charge in [-0.1, -0.05) is 30.3 Å². The number of hydrogen-bond donors (Lipinski definition) is 2. The van der Waals surface area contributed by atoms with Crippen LogP contribution in [0.15, 0.2) is 48.8 Å². The summed E-state index contributed by atoms with van der Waals surface area (Å²) in [6, 6.07) is 10.6. The number of rotatable bonds is 4. The highest BCUT2D eigenvalue weighted by Gasteiger charge is 2.16. The molecule has 4 nitrogen and oxygen atoms in total. The molecule has 3 rings (SSSR count). The summed E-state index contributed by atoms with van der Waals surface area (Å²) in [6.45, 7) is 0. The summed E-state index contributed by atoms with van der Waals surface area (Å²) in [5, 5.41) is 5.65. The standard InChI is InChI=1S/C16H17FN4/c1-21-10-11(9-19-21)8-16(20-18)14-6-7-15(17)13-5-3-2-4-12(13)14/h2-7,9-10,16,20H,8,18H2,1H3. The van der Waals surface area contributed by atoms with Crippen LogP contribution < -0.4 is 11.3 Å². The van der Waals surface area contributed by atoms with Gasteiger partial charge in [-0.25, -0.2) is 4.39 Å². The van der Waals surface area contributed by atoms with Gasteiger partial charge in [-0.15, -0.1) is 0 Å². The highest BCUT2D eigenvalue weighted by molar-refractivity contribution is 5.86. The predicted octanol–water partition coefficient (Wildman–Crippen LogP) is 2.46. The summed E-state index contributed by atoms with van der Waals surface area (Å²) < 4.78 is 15.7. The molecule has 0 aliphatic rings. The number of benzene rings is 2. The molecular formula is C16H17FN4. The number of nitrogens with one attached hydrogen (secondary N) is 1. The van der Waals surface area contributed by atoms with Crippen LogP contribution in [0.1, 0.15) is 17.2 Å². The Morgan fingerprint density at radius 1 is 1.24 bits per heavy atom. The minimum Gasteiger partial charge on any atom is -0.276 e. The lowest BCUT2D eigenvalue weighted by atomic mass is 9.95. The second-order valence-corrected chi connectivity index (χ2v) is 5.13. The first-order chi connectivity index (χ1) is 10.2. The second kappa shape index (κ2) is 5.63. The van der Waals surface area contributed by atoms with E-state index in [1.807, 2.05) is 37.6 Å². The van der Waals surface area contributed by atoms with E-state index in [2.05, 4.69) is 10.5 Å². The second-order valence-electron chi connectivity index (χ2n) is 5.13. The lowest BCUT2D eigenvalue weighted by molar-refractivity contribution is 0.554. The maximum Gasteiger partial charge on any atom is 0.131 e. The molecule has 1 aromatic heterocycles. The van der Waals surface area contributed by atoms with Crippen LogP contribution in [0.25, 0.3) is 10.8 Å². The van der Waals surface area contributed by atoms with E-state index in [1.165, 1.54) is 6.07 Å². The maximum absolute atomic E-state index is 13.9. The van der Waals surface area contributed by atoms with Gasteiger partial charge in [0.1, 0.15) is 5.82 Å². The Bertz CT molecular complexity index is 766. The molecule has 3 aromatic rings. The van der Waals surface area contributed by atoms with Gasteiger partial charge in [0.05, 0.1) is 12.2 Å². The molecule has 3 N–H and O–H groups in total. The molecule has 5 heteroatoms. The van der Waals surface area contributed by atoms with Crippen LogP contribution in [0.4, 0.5) is 4.39 Å². The van der Waals surface area contributed by atoms with Crippen molar-refractivity contribution in [2.45, 2.75) is 12.5 Å². The number of aryl methyl sites for hydroxylation is 1. The van der Waals surface area contributed by atoms with Crippen molar-refractivity contribution in [1.29, 1.82) is 0 Å². The fraction of sp³-hybridized carbons (Fsp3) is 0.188. The SMILES string of the molecule is Cn1cc(CC(NN)c2ccc(F)c3ccccc23)cn1.